The standard InChI is InChI=1S/C27H61N3O15Si/c1-2-15-46(43-12-6-28(3-9-31)25(16-34,17-35)18-36,44-13-7-29(4-10-32)26(19-37,20-38)21-39)45-14-8-30(5-11-33)27(22-40,23-41)24-42/h31-42H,2-24H2,1H3. The molecule has 0 aliphatic carbocycles. The lowest BCUT2D eigenvalue weighted by atomic mass is 10.0. The molecule has 0 bridgehead atoms. The second-order valence-corrected chi connectivity index (χ2v) is 13.9. The van der Waals surface area contributed by atoms with Crippen molar-refractivity contribution in [2.45, 2.75) is 36.0 Å². The summed E-state index contributed by atoms with van der Waals surface area (Å²) in [6.07, 6.45) is 0.531. The Morgan fingerprint density at radius 2 is 0.652 bits per heavy atom. The highest BCUT2D eigenvalue weighted by molar-refractivity contribution is 6.60. The number of aliphatic hydroxyl groups excluding tert-OH is 12. The van der Waals surface area contributed by atoms with Crippen LogP contribution in [-0.2, 0) is 13.3 Å². The van der Waals surface area contributed by atoms with Crippen molar-refractivity contribution in [1.82, 2.24) is 14.7 Å². The largest absolute Gasteiger partial charge is 0.501 e. The van der Waals surface area contributed by atoms with Crippen LogP contribution in [0.2, 0.25) is 6.04 Å². The third kappa shape index (κ3) is 12.7. The Kier molecular flexibility index (Phi) is 24.3. The van der Waals surface area contributed by atoms with Crippen molar-refractivity contribution < 1.29 is 74.6 Å². The van der Waals surface area contributed by atoms with Gasteiger partial charge in [-0.25, -0.2) is 0 Å². The number of aliphatic hydroxyl groups is 12. The van der Waals surface area contributed by atoms with Gasteiger partial charge in [-0.2, -0.15) is 0 Å². The van der Waals surface area contributed by atoms with Gasteiger partial charge in [-0.1, -0.05) is 13.3 Å². The average molecular weight is 696 g/mol. The van der Waals surface area contributed by atoms with Gasteiger partial charge in [0.05, 0.1) is 116 Å². The Bertz CT molecular complexity index is 623. The summed E-state index contributed by atoms with van der Waals surface area (Å²) in [6.45, 7) is -4.71. The molecule has 12 N–H and O–H groups in total. The van der Waals surface area contributed by atoms with Gasteiger partial charge in [0.25, 0.3) is 0 Å². The quantitative estimate of drug-likeness (QED) is 0.0291. The molecule has 0 rings (SSSR count). The minimum absolute atomic E-state index is 0.00154. The molecule has 278 valence electrons. The van der Waals surface area contributed by atoms with Gasteiger partial charge < -0.3 is 74.6 Å². The topological polar surface area (TPSA) is 280 Å². The SMILES string of the molecule is CCC[Si](OCCN(CCO)C(CO)(CO)CO)(OCCN(CCO)C(CO)(CO)CO)OCCN(CCO)C(CO)(CO)CO. The summed E-state index contributed by atoms with van der Waals surface area (Å²) >= 11 is 0. The second-order valence-electron chi connectivity index (χ2n) is 11.2. The minimum atomic E-state index is -3.66. The molecule has 0 aromatic heterocycles. The van der Waals surface area contributed by atoms with E-state index in [0.717, 1.165) is 0 Å². The maximum atomic E-state index is 9.92. The van der Waals surface area contributed by atoms with E-state index in [0.29, 0.717) is 6.42 Å². The maximum absolute atomic E-state index is 9.92. The predicted molar refractivity (Wildman–Crippen MR) is 167 cm³/mol. The number of nitrogens with zero attached hydrogens (tertiary/aromatic N) is 3. The Balaban J connectivity index is 6.24. The second kappa shape index (κ2) is 24.6. The number of rotatable bonds is 32. The molecule has 0 aromatic carbocycles. The molecule has 0 aromatic rings. The predicted octanol–water partition coefficient (Wildman–Crippen LogP) is -6.58. The summed E-state index contributed by atoms with van der Waals surface area (Å²) in [7, 11) is -3.66. The van der Waals surface area contributed by atoms with Crippen LogP contribution in [0.4, 0.5) is 0 Å². The highest BCUT2D eigenvalue weighted by Gasteiger charge is 2.44. The Hall–Kier alpha value is -0.503. The average Bonchev–Trinajstić information content (AvgIpc) is 3.08. The van der Waals surface area contributed by atoms with Gasteiger partial charge in [-0.15, -0.1) is 0 Å². The van der Waals surface area contributed by atoms with E-state index in [1.54, 1.807) is 0 Å². The van der Waals surface area contributed by atoms with Gasteiger partial charge in [0.1, 0.15) is 0 Å². The van der Waals surface area contributed by atoms with Crippen molar-refractivity contribution >= 4 is 8.80 Å². The van der Waals surface area contributed by atoms with Crippen LogP contribution in [0, 0.1) is 0 Å². The van der Waals surface area contributed by atoms with Crippen LogP contribution >= 0.6 is 0 Å². The summed E-state index contributed by atoms with van der Waals surface area (Å²) in [5.41, 5.74) is -4.33. The number of hydrogen-bond donors (Lipinski definition) is 12. The molecule has 0 aliphatic heterocycles. The van der Waals surface area contributed by atoms with Crippen molar-refractivity contribution in [1.29, 1.82) is 0 Å². The molecule has 46 heavy (non-hydrogen) atoms. The minimum Gasteiger partial charge on any atom is -0.395 e. The normalized spacial score (nSPS) is 13.6. The van der Waals surface area contributed by atoms with Crippen molar-refractivity contribution in [3.05, 3.63) is 0 Å². The van der Waals surface area contributed by atoms with E-state index >= 15 is 0 Å². The van der Waals surface area contributed by atoms with Gasteiger partial charge in [0.2, 0.25) is 0 Å². The Morgan fingerprint density at radius 3 is 0.826 bits per heavy atom. The summed E-state index contributed by atoms with van der Waals surface area (Å²) in [4.78, 5) is 4.46. The van der Waals surface area contributed by atoms with E-state index in [1.165, 1.54) is 14.7 Å². The maximum Gasteiger partial charge on any atom is 0.501 e. The third-order valence-electron chi connectivity index (χ3n) is 8.38. The lowest BCUT2D eigenvalue weighted by Gasteiger charge is -2.42. The van der Waals surface area contributed by atoms with Crippen LogP contribution in [0.25, 0.3) is 0 Å². The molecule has 19 heteroatoms. The molecular weight excluding hydrogens is 634 g/mol. The first-order valence-corrected chi connectivity index (χ1v) is 17.5. The number of hydrogen-bond acceptors (Lipinski definition) is 18. The van der Waals surface area contributed by atoms with Crippen LogP contribution in [0.3, 0.4) is 0 Å². The van der Waals surface area contributed by atoms with Gasteiger partial charge >= 0.3 is 8.80 Å². The van der Waals surface area contributed by atoms with Crippen molar-refractivity contribution in [3.8, 4) is 0 Å². The molecule has 0 saturated carbocycles. The summed E-state index contributed by atoms with van der Waals surface area (Å²) < 4.78 is 18.8. The molecule has 0 heterocycles. The first-order chi connectivity index (χ1) is 22.1. The van der Waals surface area contributed by atoms with Gasteiger partial charge in [0, 0.05) is 45.3 Å². The Labute approximate surface area is 272 Å². The molecule has 0 radical (unpaired) electrons. The molecular formula is C27H61N3O15Si. The smallest absolute Gasteiger partial charge is 0.395 e. The zero-order valence-electron chi connectivity index (χ0n) is 27.2. The van der Waals surface area contributed by atoms with Crippen LogP contribution < -0.4 is 0 Å². The third-order valence-corrected chi connectivity index (χ3v) is 11.4. The molecule has 0 fully saturated rings. The lowest BCUT2D eigenvalue weighted by molar-refractivity contribution is -0.0699. The molecule has 0 saturated heterocycles. The van der Waals surface area contributed by atoms with Crippen molar-refractivity contribution in [2.75, 3.05) is 138 Å². The fourth-order valence-electron chi connectivity index (χ4n) is 5.05. The zero-order chi connectivity index (χ0) is 35.1. The van der Waals surface area contributed by atoms with E-state index in [2.05, 4.69) is 0 Å². The van der Waals surface area contributed by atoms with Crippen molar-refractivity contribution in [3.63, 3.8) is 0 Å². The summed E-state index contributed by atoms with van der Waals surface area (Å²) in [5.74, 6) is 0. The summed E-state index contributed by atoms with van der Waals surface area (Å²) in [5, 5.41) is 118. The fourth-order valence-corrected chi connectivity index (χ4v) is 7.55. The highest BCUT2D eigenvalue weighted by Crippen LogP contribution is 2.22. The van der Waals surface area contributed by atoms with Crippen LogP contribution in [0.15, 0.2) is 0 Å². The van der Waals surface area contributed by atoms with E-state index in [4.69, 9.17) is 13.3 Å². The molecule has 0 spiro atoms. The van der Waals surface area contributed by atoms with Crippen molar-refractivity contribution in [2.24, 2.45) is 0 Å². The van der Waals surface area contributed by atoms with E-state index in [9.17, 15) is 61.3 Å². The molecule has 0 amide bonds. The first-order valence-electron chi connectivity index (χ1n) is 15.6. The van der Waals surface area contributed by atoms with E-state index in [-0.39, 0.29) is 85.0 Å². The highest BCUT2D eigenvalue weighted by atomic mass is 28.4. The van der Waals surface area contributed by atoms with Crippen LogP contribution in [-0.4, -0.2) is 240 Å². The molecule has 0 unspecified atom stereocenters. The lowest BCUT2D eigenvalue weighted by Crippen LogP contribution is -2.60. The zero-order valence-corrected chi connectivity index (χ0v) is 28.2. The summed E-state index contributed by atoms with van der Waals surface area (Å²) in [6, 6.07) is 0.286. The van der Waals surface area contributed by atoms with E-state index < -0.39 is 84.9 Å². The number of β-amino-alcohol motifs (C(OH)–C–C–N with tert-alkyl or cyclic N) is 3. The van der Waals surface area contributed by atoms with E-state index in [1.807, 2.05) is 6.92 Å². The van der Waals surface area contributed by atoms with Gasteiger partial charge in [-0.05, 0) is 0 Å². The Morgan fingerprint density at radius 1 is 0.413 bits per heavy atom. The molecule has 0 aliphatic rings. The van der Waals surface area contributed by atoms with Gasteiger partial charge in [0.15, 0.2) is 0 Å². The van der Waals surface area contributed by atoms with Gasteiger partial charge in [-0.3, -0.25) is 14.7 Å². The molecule has 0 atom stereocenters. The monoisotopic (exact) mass is 695 g/mol. The fraction of sp³-hybridized carbons (Fsp3) is 1.00. The van der Waals surface area contributed by atoms with Crippen LogP contribution in [0.1, 0.15) is 13.3 Å². The molecule has 18 nitrogen and oxygen atoms in total. The first kappa shape index (κ1) is 45.5. The van der Waals surface area contributed by atoms with Crippen LogP contribution in [0.5, 0.6) is 0 Å².